The summed E-state index contributed by atoms with van der Waals surface area (Å²) in [5.74, 6) is -1.04. The first-order valence-corrected chi connectivity index (χ1v) is 11.5. The second kappa shape index (κ2) is 10.6. The first kappa shape index (κ1) is 22.2. The van der Waals surface area contributed by atoms with Crippen molar-refractivity contribution in [2.24, 2.45) is 0 Å². The third-order valence-electron chi connectivity index (χ3n) is 5.46. The summed E-state index contributed by atoms with van der Waals surface area (Å²) in [6.07, 6.45) is 2.50. The third-order valence-corrected chi connectivity index (χ3v) is 6.52. The number of thioether (sulfide) groups is 1. The summed E-state index contributed by atoms with van der Waals surface area (Å²) in [5.41, 5.74) is 3.89. The normalized spacial score (nSPS) is 11.2. The van der Waals surface area contributed by atoms with Gasteiger partial charge in [-0.05, 0) is 35.2 Å². The SMILES string of the molecule is OCc1cnc(SCc2ccc(F)c(F)c2)n1CCC(c1ccccc1)c1ccccc1. The van der Waals surface area contributed by atoms with E-state index in [-0.39, 0.29) is 12.5 Å². The molecule has 3 aromatic carbocycles. The van der Waals surface area contributed by atoms with E-state index in [4.69, 9.17) is 0 Å². The maximum absolute atomic E-state index is 13.5. The van der Waals surface area contributed by atoms with Crippen LogP contribution in [-0.2, 0) is 18.9 Å². The van der Waals surface area contributed by atoms with Crippen LogP contribution in [0.25, 0.3) is 0 Å². The van der Waals surface area contributed by atoms with Gasteiger partial charge in [0.2, 0.25) is 0 Å². The fraction of sp³-hybridized carbons (Fsp3) is 0.192. The minimum absolute atomic E-state index is 0.111. The van der Waals surface area contributed by atoms with Crippen molar-refractivity contribution in [2.45, 2.75) is 36.4 Å². The second-order valence-electron chi connectivity index (χ2n) is 7.54. The second-order valence-corrected chi connectivity index (χ2v) is 8.48. The largest absolute Gasteiger partial charge is 0.390 e. The predicted octanol–water partition coefficient (Wildman–Crippen LogP) is 6.17. The van der Waals surface area contributed by atoms with Crippen LogP contribution in [0.1, 0.15) is 34.7 Å². The van der Waals surface area contributed by atoms with Gasteiger partial charge in [-0.2, -0.15) is 0 Å². The van der Waals surface area contributed by atoms with E-state index in [0.717, 1.165) is 23.3 Å². The van der Waals surface area contributed by atoms with E-state index in [2.05, 4.69) is 29.2 Å². The molecule has 1 aromatic heterocycles. The van der Waals surface area contributed by atoms with Crippen LogP contribution >= 0.6 is 11.8 Å². The Hall–Kier alpha value is -2.96. The lowest BCUT2D eigenvalue weighted by Gasteiger charge is -2.20. The Labute approximate surface area is 190 Å². The molecule has 0 atom stereocenters. The molecule has 3 nitrogen and oxygen atoms in total. The van der Waals surface area contributed by atoms with Crippen molar-refractivity contribution in [1.29, 1.82) is 0 Å². The van der Waals surface area contributed by atoms with Crippen molar-refractivity contribution < 1.29 is 13.9 Å². The molecule has 6 heteroatoms. The predicted molar refractivity (Wildman–Crippen MR) is 123 cm³/mol. The molecule has 32 heavy (non-hydrogen) atoms. The van der Waals surface area contributed by atoms with E-state index in [1.54, 1.807) is 12.3 Å². The number of aliphatic hydroxyl groups excluding tert-OH is 1. The van der Waals surface area contributed by atoms with E-state index in [0.29, 0.717) is 17.9 Å². The lowest BCUT2D eigenvalue weighted by atomic mass is 9.88. The number of benzene rings is 3. The molecule has 0 unspecified atom stereocenters. The molecular weight excluding hydrogens is 426 g/mol. The molecule has 0 bridgehead atoms. The van der Waals surface area contributed by atoms with Crippen molar-refractivity contribution in [2.75, 3.05) is 0 Å². The molecule has 0 fully saturated rings. The molecule has 4 rings (SSSR count). The molecule has 0 aliphatic carbocycles. The fourth-order valence-corrected chi connectivity index (χ4v) is 4.77. The molecular formula is C26H24F2N2OS. The van der Waals surface area contributed by atoms with Gasteiger partial charge in [0.1, 0.15) is 0 Å². The Morgan fingerprint density at radius 2 is 1.53 bits per heavy atom. The molecule has 0 saturated carbocycles. The van der Waals surface area contributed by atoms with Crippen LogP contribution in [0.3, 0.4) is 0 Å². The van der Waals surface area contributed by atoms with Gasteiger partial charge in [-0.15, -0.1) is 0 Å². The number of halogens is 2. The van der Waals surface area contributed by atoms with Crippen molar-refractivity contribution in [1.82, 2.24) is 9.55 Å². The van der Waals surface area contributed by atoms with Crippen molar-refractivity contribution >= 4 is 11.8 Å². The molecule has 0 saturated heterocycles. The summed E-state index contributed by atoms with van der Waals surface area (Å²) < 4.78 is 28.8. The van der Waals surface area contributed by atoms with Crippen molar-refractivity contribution in [3.05, 3.63) is 119 Å². The quantitative estimate of drug-likeness (QED) is 0.310. The molecule has 164 valence electrons. The molecule has 0 radical (unpaired) electrons. The molecule has 0 aliphatic heterocycles. The maximum atomic E-state index is 13.5. The average Bonchev–Trinajstić information content (AvgIpc) is 3.23. The highest BCUT2D eigenvalue weighted by molar-refractivity contribution is 7.98. The van der Waals surface area contributed by atoms with Gasteiger partial charge in [0, 0.05) is 18.2 Å². The highest BCUT2D eigenvalue weighted by Gasteiger charge is 2.17. The Morgan fingerprint density at radius 3 is 2.12 bits per heavy atom. The van der Waals surface area contributed by atoms with E-state index in [9.17, 15) is 13.9 Å². The topological polar surface area (TPSA) is 38.1 Å². The summed E-state index contributed by atoms with van der Waals surface area (Å²) in [4.78, 5) is 4.46. The van der Waals surface area contributed by atoms with Crippen molar-refractivity contribution in [3.63, 3.8) is 0 Å². The zero-order chi connectivity index (χ0) is 22.3. The number of nitrogens with zero attached hydrogens (tertiary/aromatic N) is 2. The molecule has 0 amide bonds. The Kier molecular flexibility index (Phi) is 7.35. The van der Waals surface area contributed by atoms with E-state index >= 15 is 0 Å². The Morgan fingerprint density at radius 1 is 0.875 bits per heavy atom. The lowest BCUT2D eigenvalue weighted by Crippen LogP contribution is -2.10. The molecule has 1 N–H and O–H groups in total. The number of hydrogen-bond donors (Lipinski definition) is 1. The van der Waals surface area contributed by atoms with Crippen LogP contribution in [-0.4, -0.2) is 14.7 Å². The summed E-state index contributed by atoms with van der Waals surface area (Å²) in [6.45, 7) is 0.560. The Balaban J connectivity index is 1.53. The van der Waals surface area contributed by atoms with Gasteiger partial charge in [0.25, 0.3) is 0 Å². The standard InChI is InChI=1S/C26H24F2N2OS/c27-24-12-11-19(15-25(24)28)18-32-26-29-16-22(17-31)30(26)14-13-23(20-7-3-1-4-8-20)21-9-5-2-6-10-21/h1-12,15-16,23,31H,13-14,17-18H2. The van der Waals surface area contributed by atoms with Crippen molar-refractivity contribution in [3.8, 4) is 0 Å². The minimum Gasteiger partial charge on any atom is -0.390 e. The summed E-state index contributed by atoms with van der Waals surface area (Å²) in [7, 11) is 0. The van der Waals surface area contributed by atoms with E-state index < -0.39 is 11.6 Å². The van der Waals surface area contributed by atoms with Gasteiger partial charge in [0.05, 0.1) is 18.5 Å². The highest BCUT2D eigenvalue weighted by Crippen LogP contribution is 2.30. The molecule has 1 heterocycles. The average molecular weight is 451 g/mol. The summed E-state index contributed by atoms with van der Waals surface area (Å²) in [5, 5.41) is 10.6. The number of imidazole rings is 1. The van der Waals surface area contributed by atoms with Gasteiger partial charge >= 0.3 is 0 Å². The zero-order valence-corrected chi connectivity index (χ0v) is 18.3. The lowest BCUT2D eigenvalue weighted by molar-refractivity contribution is 0.268. The van der Waals surface area contributed by atoms with Gasteiger partial charge in [-0.25, -0.2) is 13.8 Å². The van der Waals surface area contributed by atoms with E-state index in [1.807, 2.05) is 41.0 Å². The van der Waals surface area contributed by atoms with Crippen LogP contribution in [0.5, 0.6) is 0 Å². The number of rotatable bonds is 9. The summed E-state index contributed by atoms with van der Waals surface area (Å²) >= 11 is 1.45. The maximum Gasteiger partial charge on any atom is 0.168 e. The van der Waals surface area contributed by atoms with E-state index in [1.165, 1.54) is 29.0 Å². The first-order valence-electron chi connectivity index (χ1n) is 10.5. The third kappa shape index (κ3) is 5.26. The number of aromatic nitrogens is 2. The number of aliphatic hydroxyl groups is 1. The van der Waals surface area contributed by atoms with Gasteiger partial charge in [0.15, 0.2) is 16.8 Å². The van der Waals surface area contributed by atoms with Crippen LogP contribution in [0.2, 0.25) is 0 Å². The first-order chi connectivity index (χ1) is 15.7. The Bertz CT molecular complexity index is 1110. The smallest absolute Gasteiger partial charge is 0.168 e. The monoisotopic (exact) mass is 450 g/mol. The van der Waals surface area contributed by atoms with Crippen LogP contribution in [0.15, 0.2) is 90.2 Å². The fourth-order valence-electron chi connectivity index (χ4n) is 3.80. The minimum atomic E-state index is -0.851. The highest BCUT2D eigenvalue weighted by atomic mass is 32.2. The summed E-state index contributed by atoms with van der Waals surface area (Å²) in [6, 6.07) is 24.7. The molecule has 4 aromatic rings. The molecule has 0 spiro atoms. The number of hydrogen-bond acceptors (Lipinski definition) is 3. The van der Waals surface area contributed by atoms with Crippen LogP contribution < -0.4 is 0 Å². The van der Waals surface area contributed by atoms with Crippen LogP contribution in [0, 0.1) is 11.6 Å². The van der Waals surface area contributed by atoms with Gasteiger partial charge in [-0.3, -0.25) is 0 Å². The zero-order valence-electron chi connectivity index (χ0n) is 17.5. The van der Waals surface area contributed by atoms with Crippen LogP contribution in [0.4, 0.5) is 8.78 Å². The molecule has 0 aliphatic rings. The van der Waals surface area contributed by atoms with Gasteiger partial charge in [-0.1, -0.05) is 78.5 Å². The van der Waals surface area contributed by atoms with Gasteiger partial charge < -0.3 is 9.67 Å².